The molecular formula is C13H25NO3. The summed E-state index contributed by atoms with van der Waals surface area (Å²) in [4.78, 5) is 10.6. The number of carbonyl (C=O) groups is 1. The van der Waals surface area contributed by atoms with Crippen molar-refractivity contribution in [1.82, 2.24) is 0 Å². The van der Waals surface area contributed by atoms with Crippen molar-refractivity contribution in [3.63, 3.8) is 0 Å². The third kappa shape index (κ3) is 4.28. The van der Waals surface area contributed by atoms with Crippen LogP contribution in [0.25, 0.3) is 0 Å². The van der Waals surface area contributed by atoms with Gasteiger partial charge in [-0.2, -0.15) is 0 Å². The summed E-state index contributed by atoms with van der Waals surface area (Å²) in [6.45, 7) is 2.08. The van der Waals surface area contributed by atoms with Crippen molar-refractivity contribution in [2.75, 3.05) is 0 Å². The summed E-state index contributed by atoms with van der Waals surface area (Å²) in [7, 11) is 0. The second kappa shape index (κ2) is 6.97. The van der Waals surface area contributed by atoms with Gasteiger partial charge in [0.1, 0.15) is 0 Å². The lowest BCUT2D eigenvalue weighted by atomic mass is 9.74. The molecule has 0 bridgehead atoms. The molecule has 100 valence electrons. The lowest BCUT2D eigenvalue weighted by Gasteiger charge is -2.35. The first-order valence-electron chi connectivity index (χ1n) is 6.71. The molecule has 0 radical (unpaired) electrons. The summed E-state index contributed by atoms with van der Waals surface area (Å²) in [6, 6.07) is -0.404. The van der Waals surface area contributed by atoms with E-state index in [2.05, 4.69) is 6.92 Å². The van der Waals surface area contributed by atoms with Crippen molar-refractivity contribution in [3.8, 4) is 0 Å². The van der Waals surface area contributed by atoms with Crippen molar-refractivity contribution >= 4 is 5.97 Å². The molecule has 0 aromatic rings. The predicted molar refractivity (Wildman–Crippen MR) is 66.6 cm³/mol. The zero-order valence-electron chi connectivity index (χ0n) is 10.6. The number of nitrogens with two attached hydrogens (primary N) is 1. The number of rotatable bonds is 6. The van der Waals surface area contributed by atoms with E-state index < -0.39 is 18.1 Å². The van der Waals surface area contributed by atoms with E-state index in [0.717, 1.165) is 6.42 Å². The first-order chi connectivity index (χ1) is 8.06. The Labute approximate surface area is 103 Å². The van der Waals surface area contributed by atoms with E-state index in [-0.39, 0.29) is 12.3 Å². The molecule has 0 amide bonds. The van der Waals surface area contributed by atoms with Crippen LogP contribution in [0.4, 0.5) is 0 Å². The van der Waals surface area contributed by atoms with Crippen molar-refractivity contribution < 1.29 is 15.0 Å². The van der Waals surface area contributed by atoms with Crippen molar-refractivity contribution in [2.45, 2.75) is 64.0 Å². The first-order valence-corrected chi connectivity index (χ1v) is 6.71. The van der Waals surface area contributed by atoms with Crippen LogP contribution in [0.3, 0.4) is 0 Å². The Kier molecular flexibility index (Phi) is 5.92. The number of aliphatic hydroxyl groups is 1. The van der Waals surface area contributed by atoms with Gasteiger partial charge in [-0.25, -0.2) is 0 Å². The van der Waals surface area contributed by atoms with Crippen molar-refractivity contribution in [2.24, 2.45) is 17.6 Å². The van der Waals surface area contributed by atoms with Gasteiger partial charge in [-0.05, 0) is 11.8 Å². The fraction of sp³-hybridized carbons (Fsp3) is 0.923. The van der Waals surface area contributed by atoms with E-state index in [1.54, 1.807) is 0 Å². The van der Waals surface area contributed by atoms with Gasteiger partial charge in [0.15, 0.2) is 0 Å². The highest BCUT2D eigenvalue weighted by molar-refractivity contribution is 5.67. The van der Waals surface area contributed by atoms with Gasteiger partial charge in [0.2, 0.25) is 0 Å². The molecule has 4 heteroatoms. The summed E-state index contributed by atoms with van der Waals surface area (Å²) >= 11 is 0. The van der Waals surface area contributed by atoms with Gasteiger partial charge < -0.3 is 15.9 Å². The van der Waals surface area contributed by atoms with Crippen LogP contribution in [0.5, 0.6) is 0 Å². The lowest BCUT2D eigenvalue weighted by molar-refractivity contribution is -0.139. The van der Waals surface area contributed by atoms with E-state index in [0.29, 0.717) is 5.92 Å². The summed E-state index contributed by atoms with van der Waals surface area (Å²) in [5, 5.41) is 18.5. The molecule has 4 N–H and O–H groups in total. The Hall–Kier alpha value is -0.610. The largest absolute Gasteiger partial charge is 0.481 e. The SMILES string of the molecule is CCC(C1CCCCC1)C(N)C(O)CC(=O)O. The zero-order valence-corrected chi connectivity index (χ0v) is 10.6. The fourth-order valence-corrected chi connectivity index (χ4v) is 3.08. The normalized spacial score (nSPS) is 23.0. The third-order valence-corrected chi connectivity index (χ3v) is 4.05. The Morgan fingerprint density at radius 2 is 1.94 bits per heavy atom. The molecule has 1 rings (SSSR count). The summed E-state index contributed by atoms with van der Waals surface area (Å²) < 4.78 is 0. The molecule has 1 aliphatic rings. The third-order valence-electron chi connectivity index (χ3n) is 4.05. The highest BCUT2D eigenvalue weighted by Gasteiger charge is 2.31. The van der Waals surface area contributed by atoms with Crippen molar-refractivity contribution in [1.29, 1.82) is 0 Å². The lowest BCUT2D eigenvalue weighted by Crippen LogP contribution is -2.45. The molecule has 17 heavy (non-hydrogen) atoms. The first kappa shape index (κ1) is 14.5. The predicted octanol–water partition coefficient (Wildman–Crippen LogP) is 1.76. The van der Waals surface area contributed by atoms with Crippen LogP contribution in [0.2, 0.25) is 0 Å². The van der Waals surface area contributed by atoms with Gasteiger partial charge in [0, 0.05) is 6.04 Å². The maximum atomic E-state index is 10.6. The summed E-state index contributed by atoms with van der Waals surface area (Å²) in [5.74, 6) is -0.164. The van der Waals surface area contributed by atoms with Crippen LogP contribution in [-0.2, 0) is 4.79 Å². The molecule has 0 heterocycles. The van der Waals surface area contributed by atoms with Gasteiger partial charge in [-0.15, -0.1) is 0 Å². The minimum Gasteiger partial charge on any atom is -0.481 e. The number of hydrogen-bond donors (Lipinski definition) is 3. The number of carboxylic acid groups (broad SMARTS) is 1. The Balaban J connectivity index is 2.55. The van der Waals surface area contributed by atoms with Gasteiger partial charge >= 0.3 is 5.97 Å². The molecular weight excluding hydrogens is 218 g/mol. The minimum absolute atomic E-state index is 0.246. The smallest absolute Gasteiger partial charge is 0.306 e. The topological polar surface area (TPSA) is 83.5 Å². The molecule has 4 nitrogen and oxygen atoms in total. The second-order valence-electron chi connectivity index (χ2n) is 5.21. The van der Waals surface area contributed by atoms with Crippen LogP contribution in [0.15, 0.2) is 0 Å². The molecule has 0 aromatic heterocycles. The Bertz CT molecular complexity index is 239. The molecule has 3 unspecified atom stereocenters. The quantitative estimate of drug-likeness (QED) is 0.663. The average Bonchev–Trinajstić information content (AvgIpc) is 2.30. The van der Waals surface area contributed by atoms with Crippen LogP contribution < -0.4 is 5.73 Å². The van der Waals surface area contributed by atoms with Crippen LogP contribution in [0, 0.1) is 11.8 Å². The standard InChI is InChI=1S/C13H25NO3/c1-2-10(9-6-4-3-5-7-9)13(14)11(15)8-12(16)17/h9-11,13,15H,2-8,14H2,1H3,(H,16,17). The molecule has 0 aliphatic heterocycles. The zero-order chi connectivity index (χ0) is 12.8. The van der Waals surface area contributed by atoms with E-state index in [9.17, 15) is 9.90 Å². The van der Waals surface area contributed by atoms with E-state index >= 15 is 0 Å². The molecule has 0 saturated heterocycles. The van der Waals surface area contributed by atoms with Crippen LogP contribution in [-0.4, -0.2) is 28.3 Å². The van der Waals surface area contributed by atoms with Gasteiger partial charge in [0.05, 0.1) is 12.5 Å². The minimum atomic E-state index is -0.980. The molecule has 0 spiro atoms. The fourth-order valence-electron chi connectivity index (χ4n) is 3.08. The maximum absolute atomic E-state index is 10.6. The van der Waals surface area contributed by atoms with Crippen LogP contribution >= 0.6 is 0 Å². The second-order valence-corrected chi connectivity index (χ2v) is 5.21. The maximum Gasteiger partial charge on any atom is 0.306 e. The van der Waals surface area contributed by atoms with Crippen molar-refractivity contribution in [3.05, 3.63) is 0 Å². The van der Waals surface area contributed by atoms with Gasteiger partial charge in [-0.1, -0.05) is 45.4 Å². The summed E-state index contributed by atoms with van der Waals surface area (Å²) in [6.07, 6.45) is 5.87. The Morgan fingerprint density at radius 3 is 2.41 bits per heavy atom. The number of aliphatic hydroxyl groups excluding tert-OH is 1. The highest BCUT2D eigenvalue weighted by Crippen LogP contribution is 2.34. The van der Waals surface area contributed by atoms with Crippen LogP contribution in [0.1, 0.15) is 51.9 Å². The number of hydrogen-bond acceptors (Lipinski definition) is 3. The molecule has 1 fully saturated rings. The van der Waals surface area contributed by atoms with E-state index in [4.69, 9.17) is 10.8 Å². The molecule has 3 atom stereocenters. The monoisotopic (exact) mass is 243 g/mol. The molecule has 1 saturated carbocycles. The Morgan fingerprint density at radius 1 is 1.35 bits per heavy atom. The highest BCUT2D eigenvalue weighted by atomic mass is 16.4. The van der Waals surface area contributed by atoms with Gasteiger partial charge in [-0.3, -0.25) is 4.79 Å². The van der Waals surface area contributed by atoms with Gasteiger partial charge in [0.25, 0.3) is 0 Å². The summed E-state index contributed by atoms with van der Waals surface area (Å²) in [5.41, 5.74) is 6.04. The van der Waals surface area contributed by atoms with E-state index in [1.807, 2.05) is 0 Å². The molecule has 0 aromatic carbocycles. The number of aliphatic carboxylic acids is 1. The molecule has 1 aliphatic carbocycles. The average molecular weight is 243 g/mol. The number of carboxylic acids is 1. The van der Waals surface area contributed by atoms with E-state index in [1.165, 1.54) is 32.1 Å².